The van der Waals surface area contributed by atoms with E-state index in [0.29, 0.717) is 5.76 Å². The molecule has 0 fully saturated rings. The Kier molecular flexibility index (Phi) is 4.62. The summed E-state index contributed by atoms with van der Waals surface area (Å²) >= 11 is 0. The maximum Gasteiger partial charge on any atom is 0.334 e. The largest absolute Gasteiger partial charge is 0.496 e. The summed E-state index contributed by atoms with van der Waals surface area (Å²) in [5.41, 5.74) is 3.12. The Morgan fingerprint density at radius 1 is 0.833 bits per heavy atom. The van der Waals surface area contributed by atoms with Gasteiger partial charge in [0, 0.05) is 5.56 Å². The summed E-state index contributed by atoms with van der Waals surface area (Å²) in [4.78, 5) is 11.6. The fourth-order valence-electron chi connectivity index (χ4n) is 2.71. The Balaban J connectivity index is 2.18. The van der Waals surface area contributed by atoms with Gasteiger partial charge in [0.05, 0.1) is 20.3 Å². The average molecular weight is 318 g/mol. The van der Waals surface area contributed by atoms with E-state index in [1.807, 2.05) is 36.4 Å². The summed E-state index contributed by atoms with van der Waals surface area (Å²) in [6.07, 6.45) is 1.37. The Morgan fingerprint density at radius 3 is 2.33 bits per heavy atom. The molecule has 3 nitrogen and oxygen atoms in total. The van der Waals surface area contributed by atoms with Crippen LogP contribution in [0.3, 0.4) is 0 Å². The first-order valence-electron chi connectivity index (χ1n) is 7.65. The summed E-state index contributed by atoms with van der Waals surface area (Å²) in [5.74, 6) is 0.0423. The highest BCUT2D eigenvalue weighted by Gasteiger charge is 2.10. The number of fused-ring (bicyclic) bond motifs is 1. The first kappa shape index (κ1) is 15.8. The molecule has 0 N–H and O–H groups in total. The lowest BCUT2D eigenvalue weighted by atomic mass is 9.97. The van der Waals surface area contributed by atoms with E-state index >= 15 is 0 Å². The van der Waals surface area contributed by atoms with Crippen molar-refractivity contribution in [3.63, 3.8) is 0 Å². The van der Waals surface area contributed by atoms with Crippen molar-refractivity contribution in [2.75, 3.05) is 14.2 Å². The molecule has 0 radical (unpaired) electrons. The van der Waals surface area contributed by atoms with Crippen LogP contribution in [0.15, 0.2) is 72.8 Å². The van der Waals surface area contributed by atoms with Crippen LogP contribution in [-0.2, 0) is 14.3 Å². The molecule has 0 aliphatic rings. The number of rotatable bonds is 4. The molecule has 120 valence electrons. The molecule has 3 aromatic rings. The van der Waals surface area contributed by atoms with Crippen LogP contribution in [0.2, 0.25) is 0 Å². The number of esters is 1. The van der Waals surface area contributed by atoms with Gasteiger partial charge in [0.1, 0.15) is 5.76 Å². The second kappa shape index (κ2) is 7.01. The van der Waals surface area contributed by atoms with E-state index in [1.165, 1.54) is 13.2 Å². The van der Waals surface area contributed by atoms with Crippen molar-refractivity contribution in [3.05, 3.63) is 78.4 Å². The van der Waals surface area contributed by atoms with E-state index in [0.717, 1.165) is 27.5 Å². The van der Waals surface area contributed by atoms with Crippen LogP contribution in [0.4, 0.5) is 0 Å². The van der Waals surface area contributed by atoms with Crippen molar-refractivity contribution >= 4 is 22.5 Å². The molecule has 3 heteroatoms. The standard InChI is InChI=1S/C21H18O3/c1-23-20(14-21(22)24-2)18-10-6-9-16-11-12-17(13-19(16)18)15-7-4-3-5-8-15/h3-14H,1-2H3. The molecule has 3 rings (SSSR count). The minimum atomic E-state index is -0.442. The van der Waals surface area contributed by atoms with Gasteiger partial charge >= 0.3 is 5.97 Å². The third kappa shape index (κ3) is 3.15. The molecule has 0 aliphatic heterocycles. The molecule has 0 heterocycles. The normalized spacial score (nSPS) is 11.3. The second-order valence-corrected chi connectivity index (χ2v) is 5.34. The maximum atomic E-state index is 11.6. The smallest absolute Gasteiger partial charge is 0.334 e. The predicted octanol–water partition coefficient (Wildman–Crippen LogP) is 4.67. The zero-order chi connectivity index (χ0) is 16.9. The van der Waals surface area contributed by atoms with Gasteiger partial charge in [-0.2, -0.15) is 0 Å². The third-order valence-corrected chi connectivity index (χ3v) is 3.92. The van der Waals surface area contributed by atoms with Crippen molar-refractivity contribution < 1.29 is 14.3 Å². The molecule has 24 heavy (non-hydrogen) atoms. The molecule has 0 bridgehead atoms. The monoisotopic (exact) mass is 318 g/mol. The lowest BCUT2D eigenvalue weighted by Gasteiger charge is -2.11. The van der Waals surface area contributed by atoms with E-state index in [1.54, 1.807) is 7.11 Å². The zero-order valence-corrected chi connectivity index (χ0v) is 13.7. The number of benzene rings is 3. The van der Waals surface area contributed by atoms with Gasteiger partial charge in [0.15, 0.2) is 0 Å². The summed E-state index contributed by atoms with van der Waals surface area (Å²) in [6, 6.07) is 22.4. The van der Waals surface area contributed by atoms with Crippen LogP contribution in [0.5, 0.6) is 0 Å². The number of ether oxygens (including phenoxy) is 2. The molecule has 0 amide bonds. The highest BCUT2D eigenvalue weighted by Crippen LogP contribution is 2.30. The van der Waals surface area contributed by atoms with Gasteiger partial charge in [-0.1, -0.05) is 60.7 Å². The molecule has 0 aliphatic carbocycles. The molecule has 0 atom stereocenters. The molecule has 0 saturated carbocycles. The van der Waals surface area contributed by atoms with Gasteiger partial charge in [0.25, 0.3) is 0 Å². The number of methoxy groups -OCH3 is 2. The molecule has 0 saturated heterocycles. The quantitative estimate of drug-likeness (QED) is 0.398. The van der Waals surface area contributed by atoms with Gasteiger partial charge in [-0.3, -0.25) is 0 Å². The highest BCUT2D eigenvalue weighted by atomic mass is 16.5. The number of hydrogen-bond donors (Lipinski definition) is 0. The lowest BCUT2D eigenvalue weighted by molar-refractivity contribution is -0.134. The minimum Gasteiger partial charge on any atom is -0.496 e. The van der Waals surface area contributed by atoms with E-state index in [2.05, 4.69) is 30.3 Å². The Hall–Kier alpha value is -3.07. The Labute approximate surface area is 141 Å². The Morgan fingerprint density at radius 2 is 1.62 bits per heavy atom. The van der Waals surface area contributed by atoms with Gasteiger partial charge in [0.2, 0.25) is 0 Å². The second-order valence-electron chi connectivity index (χ2n) is 5.34. The third-order valence-electron chi connectivity index (χ3n) is 3.92. The van der Waals surface area contributed by atoms with Gasteiger partial charge < -0.3 is 9.47 Å². The first-order valence-corrected chi connectivity index (χ1v) is 7.65. The molecular formula is C21H18O3. The molecule has 3 aromatic carbocycles. The van der Waals surface area contributed by atoms with Crippen LogP contribution in [-0.4, -0.2) is 20.2 Å². The minimum absolute atomic E-state index is 0.442. The summed E-state index contributed by atoms with van der Waals surface area (Å²) in [5, 5.41) is 2.11. The Bertz CT molecular complexity index is 895. The van der Waals surface area contributed by atoms with Crippen LogP contribution in [0.25, 0.3) is 27.7 Å². The highest BCUT2D eigenvalue weighted by molar-refractivity contribution is 5.99. The van der Waals surface area contributed by atoms with Crippen LogP contribution >= 0.6 is 0 Å². The maximum absolute atomic E-state index is 11.6. The van der Waals surface area contributed by atoms with Crippen LogP contribution in [0, 0.1) is 0 Å². The van der Waals surface area contributed by atoms with E-state index < -0.39 is 5.97 Å². The van der Waals surface area contributed by atoms with Gasteiger partial charge in [-0.15, -0.1) is 0 Å². The van der Waals surface area contributed by atoms with Crippen molar-refractivity contribution in [3.8, 4) is 11.1 Å². The summed E-state index contributed by atoms with van der Waals surface area (Å²) < 4.78 is 10.1. The fraction of sp³-hybridized carbons (Fsp3) is 0.0952. The van der Waals surface area contributed by atoms with Crippen molar-refractivity contribution in [1.82, 2.24) is 0 Å². The fourth-order valence-corrected chi connectivity index (χ4v) is 2.71. The number of carbonyl (C=O) groups is 1. The zero-order valence-electron chi connectivity index (χ0n) is 13.7. The topological polar surface area (TPSA) is 35.5 Å². The van der Waals surface area contributed by atoms with Crippen LogP contribution in [0.1, 0.15) is 5.56 Å². The predicted molar refractivity (Wildman–Crippen MR) is 96.4 cm³/mol. The van der Waals surface area contributed by atoms with Crippen molar-refractivity contribution in [1.29, 1.82) is 0 Å². The van der Waals surface area contributed by atoms with Gasteiger partial charge in [-0.05, 0) is 28.0 Å². The van der Waals surface area contributed by atoms with E-state index in [9.17, 15) is 4.79 Å². The SMILES string of the molecule is COC(=O)C=C(OC)c1cccc2ccc(-c3ccccc3)cc12. The van der Waals surface area contributed by atoms with Crippen LogP contribution < -0.4 is 0 Å². The number of carbonyl (C=O) groups excluding carboxylic acids is 1. The molecular weight excluding hydrogens is 300 g/mol. The van der Waals surface area contributed by atoms with Gasteiger partial charge in [-0.25, -0.2) is 4.79 Å². The summed E-state index contributed by atoms with van der Waals surface area (Å²) in [7, 11) is 2.90. The van der Waals surface area contributed by atoms with E-state index in [4.69, 9.17) is 9.47 Å². The molecule has 0 aromatic heterocycles. The van der Waals surface area contributed by atoms with Crippen molar-refractivity contribution in [2.24, 2.45) is 0 Å². The molecule has 0 spiro atoms. The first-order chi connectivity index (χ1) is 11.7. The lowest BCUT2D eigenvalue weighted by Crippen LogP contribution is -1.99. The van der Waals surface area contributed by atoms with E-state index in [-0.39, 0.29) is 0 Å². The summed E-state index contributed by atoms with van der Waals surface area (Å²) in [6.45, 7) is 0. The molecule has 0 unspecified atom stereocenters. The number of hydrogen-bond acceptors (Lipinski definition) is 3. The van der Waals surface area contributed by atoms with Crippen molar-refractivity contribution in [2.45, 2.75) is 0 Å². The average Bonchev–Trinajstić information content (AvgIpc) is 2.65.